The van der Waals surface area contributed by atoms with E-state index in [1.807, 2.05) is 0 Å². The van der Waals surface area contributed by atoms with Crippen molar-refractivity contribution in [2.24, 2.45) is 0 Å². The van der Waals surface area contributed by atoms with Gasteiger partial charge in [-0.3, -0.25) is 19.7 Å². The molecule has 2 amide bonds. The first kappa shape index (κ1) is 17.9. The lowest BCUT2D eigenvalue weighted by molar-refractivity contribution is -0.385. The van der Waals surface area contributed by atoms with E-state index in [4.69, 9.17) is 11.6 Å². The van der Waals surface area contributed by atoms with Crippen molar-refractivity contribution in [1.82, 2.24) is 0 Å². The van der Waals surface area contributed by atoms with E-state index in [-0.39, 0.29) is 22.2 Å². The maximum atomic E-state index is 12.5. The van der Waals surface area contributed by atoms with E-state index in [1.165, 1.54) is 25.1 Å². The highest BCUT2D eigenvalue weighted by atomic mass is 35.5. The second-order valence-corrected chi connectivity index (χ2v) is 6.43. The summed E-state index contributed by atoms with van der Waals surface area (Å²) in [6.45, 7) is 2.19. The zero-order chi connectivity index (χ0) is 18.8. The average Bonchev–Trinajstić information content (AvgIpc) is 2.60. The van der Waals surface area contributed by atoms with Gasteiger partial charge in [-0.25, -0.2) is 0 Å². The van der Waals surface area contributed by atoms with Crippen molar-refractivity contribution in [2.45, 2.75) is 19.8 Å². The Kier molecular flexibility index (Phi) is 4.90. The molecule has 0 spiro atoms. The molecule has 26 heavy (non-hydrogen) atoms. The van der Waals surface area contributed by atoms with E-state index < -0.39 is 10.8 Å². The second kappa shape index (κ2) is 7.13. The number of carbonyl (C=O) groups is 2. The number of nitro groups is 1. The van der Waals surface area contributed by atoms with Gasteiger partial charge in [0.15, 0.2) is 0 Å². The Bertz CT molecular complexity index is 913. The van der Waals surface area contributed by atoms with Crippen molar-refractivity contribution in [1.29, 1.82) is 0 Å². The minimum Gasteiger partial charge on any atom is -0.322 e. The molecular formula is C18H16ClN3O4. The zero-order valence-corrected chi connectivity index (χ0v) is 14.7. The number of aryl methyl sites for hydroxylation is 1. The maximum absolute atomic E-state index is 12.5. The van der Waals surface area contributed by atoms with Crippen LogP contribution in [0.5, 0.6) is 0 Å². The van der Waals surface area contributed by atoms with Crippen LogP contribution in [0.3, 0.4) is 0 Å². The number of carbonyl (C=O) groups excluding carboxylic acids is 2. The smallest absolute Gasteiger partial charge is 0.282 e. The predicted octanol–water partition coefficient (Wildman–Crippen LogP) is 3.80. The summed E-state index contributed by atoms with van der Waals surface area (Å²) in [6.07, 6.45) is 1.63. The van der Waals surface area contributed by atoms with E-state index in [0.29, 0.717) is 12.2 Å². The predicted molar refractivity (Wildman–Crippen MR) is 98.8 cm³/mol. The summed E-state index contributed by atoms with van der Waals surface area (Å²) in [5, 5.41) is 14.0. The fourth-order valence-corrected chi connectivity index (χ4v) is 3.22. The molecular weight excluding hydrogens is 358 g/mol. The highest BCUT2D eigenvalue weighted by Gasteiger charge is 2.23. The van der Waals surface area contributed by atoms with Gasteiger partial charge in [0.25, 0.3) is 11.6 Å². The molecule has 8 heteroatoms. The first-order valence-corrected chi connectivity index (χ1v) is 8.41. The summed E-state index contributed by atoms with van der Waals surface area (Å²) in [4.78, 5) is 36.4. The van der Waals surface area contributed by atoms with Gasteiger partial charge in [-0.1, -0.05) is 11.6 Å². The molecule has 0 radical (unpaired) electrons. The number of hydrogen-bond acceptors (Lipinski definition) is 4. The molecule has 1 aliphatic rings. The quantitative estimate of drug-likeness (QED) is 0.654. The number of anilines is 2. The van der Waals surface area contributed by atoms with Crippen LogP contribution in [0.25, 0.3) is 0 Å². The molecule has 3 rings (SSSR count). The largest absolute Gasteiger partial charge is 0.322 e. The van der Waals surface area contributed by atoms with Crippen molar-refractivity contribution in [3.63, 3.8) is 0 Å². The van der Waals surface area contributed by atoms with Gasteiger partial charge < -0.3 is 10.2 Å². The fraction of sp³-hybridized carbons (Fsp3) is 0.222. The van der Waals surface area contributed by atoms with Crippen LogP contribution in [-0.4, -0.2) is 23.3 Å². The second-order valence-electron chi connectivity index (χ2n) is 5.99. The number of hydrogen-bond donors (Lipinski definition) is 1. The third-order valence-electron chi connectivity index (χ3n) is 4.24. The lowest BCUT2D eigenvalue weighted by Crippen LogP contribution is -2.33. The van der Waals surface area contributed by atoms with Crippen LogP contribution >= 0.6 is 11.6 Å². The highest BCUT2D eigenvalue weighted by molar-refractivity contribution is 6.31. The maximum Gasteiger partial charge on any atom is 0.282 e. The SMILES string of the molecule is CC(=O)N1CCCc2cc(NC(=O)c3cc(Cl)ccc3[N+](=O)[O-])ccc21. The fourth-order valence-electron chi connectivity index (χ4n) is 3.05. The van der Waals surface area contributed by atoms with Crippen molar-refractivity contribution in [2.75, 3.05) is 16.8 Å². The Morgan fingerprint density at radius 1 is 1.23 bits per heavy atom. The Labute approximate surface area is 154 Å². The van der Waals surface area contributed by atoms with Gasteiger partial charge in [-0.15, -0.1) is 0 Å². The van der Waals surface area contributed by atoms with Gasteiger partial charge in [0, 0.05) is 35.9 Å². The van der Waals surface area contributed by atoms with Crippen LogP contribution in [0.2, 0.25) is 5.02 Å². The number of benzene rings is 2. The van der Waals surface area contributed by atoms with Gasteiger partial charge in [0.05, 0.1) is 4.92 Å². The molecule has 0 saturated heterocycles. The highest BCUT2D eigenvalue weighted by Crippen LogP contribution is 2.30. The molecule has 0 aromatic heterocycles. The first-order valence-electron chi connectivity index (χ1n) is 8.03. The van der Waals surface area contributed by atoms with Crippen LogP contribution in [0.15, 0.2) is 36.4 Å². The van der Waals surface area contributed by atoms with Crippen LogP contribution in [0, 0.1) is 10.1 Å². The third-order valence-corrected chi connectivity index (χ3v) is 4.47. The molecule has 2 aromatic carbocycles. The van der Waals surface area contributed by atoms with Gasteiger partial charge in [-0.05, 0) is 48.7 Å². The molecule has 1 heterocycles. The lowest BCUT2D eigenvalue weighted by Gasteiger charge is -2.29. The van der Waals surface area contributed by atoms with E-state index in [1.54, 1.807) is 23.1 Å². The number of fused-ring (bicyclic) bond motifs is 1. The van der Waals surface area contributed by atoms with Crippen LogP contribution in [0.1, 0.15) is 29.3 Å². The Balaban J connectivity index is 1.88. The number of nitrogens with one attached hydrogen (secondary N) is 1. The molecule has 0 fully saturated rings. The topological polar surface area (TPSA) is 92.6 Å². The van der Waals surface area contributed by atoms with Crippen LogP contribution in [0.4, 0.5) is 17.1 Å². The van der Waals surface area contributed by atoms with Gasteiger partial charge >= 0.3 is 0 Å². The summed E-state index contributed by atoms with van der Waals surface area (Å²) < 4.78 is 0. The van der Waals surface area contributed by atoms with Crippen molar-refractivity contribution in [3.05, 3.63) is 62.7 Å². The molecule has 0 unspecified atom stereocenters. The molecule has 7 nitrogen and oxygen atoms in total. The van der Waals surface area contributed by atoms with Crippen molar-refractivity contribution in [3.8, 4) is 0 Å². The van der Waals surface area contributed by atoms with Crippen LogP contribution in [-0.2, 0) is 11.2 Å². The molecule has 0 aliphatic carbocycles. The molecule has 0 atom stereocenters. The van der Waals surface area contributed by atoms with E-state index in [9.17, 15) is 19.7 Å². The monoisotopic (exact) mass is 373 g/mol. The number of halogens is 1. The molecule has 134 valence electrons. The van der Waals surface area contributed by atoms with Crippen molar-refractivity contribution < 1.29 is 14.5 Å². The van der Waals surface area contributed by atoms with Crippen molar-refractivity contribution >= 4 is 40.5 Å². The molecule has 1 N–H and O–H groups in total. The molecule has 0 bridgehead atoms. The normalized spacial score (nSPS) is 13.1. The summed E-state index contributed by atoms with van der Waals surface area (Å²) in [7, 11) is 0. The Morgan fingerprint density at radius 3 is 2.69 bits per heavy atom. The first-order chi connectivity index (χ1) is 12.4. The number of rotatable bonds is 3. The van der Waals surface area contributed by atoms with Gasteiger partial charge in [0.2, 0.25) is 5.91 Å². The zero-order valence-electron chi connectivity index (χ0n) is 14.0. The van der Waals surface area contributed by atoms with Gasteiger partial charge in [0.1, 0.15) is 5.56 Å². The summed E-state index contributed by atoms with van der Waals surface area (Å²) in [6, 6.07) is 9.08. The van der Waals surface area contributed by atoms with E-state index in [0.717, 1.165) is 24.1 Å². The molecule has 2 aromatic rings. The Morgan fingerprint density at radius 2 is 2.00 bits per heavy atom. The number of amides is 2. The summed E-state index contributed by atoms with van der Waals surface area (Å²) >= 11 is 5.87. The van der Waals surface area contributed by atoms with E-state index in [2.05, 4.69) is 5.32 Å². The third kappa shape index (κ3) is 3.52. The minimum absolute atomic E-state index is 0.0303. The van der Waals surface area contributed by atoms with Gasteiger partial charge in [-0.2, -0.15) is 0 Å². The average molecular weight is 374 g/mol. The lowest BCUT2D eigenvalue weighted by atomic mass is 10.0. The minimum atomic E-state index is -0.622. The number of nitrogens with zero attached hydrogens (tertiary/aromatic N) is 2. The van der Waals surface area contributed by atoms with Crippen LogP contribution < -0.4 is 10.2 Å². The molecule has 1 aliphatic heterocycles. The summed E-state index contributed by atoms with van der Waals surface area (Å²) in [5.74, 6) is -0.643. The standard InChI is InChI=1S/C18H16ClN3O4/c1-11(23)21-8-2-3-12-9-14(5-7-16(12)21)20-18(24)15-10-13(19)4-6-17(15)22(25)26/h4-7,9-10H,2-3,8H2,1H3,(H,20,24). The Hall–Kier alpha value is -2.93. The summed E-state index contributed by atoms with van der Waals surface area (Å²) in [5.41, 5.74) is 1.87. The number of nitro benzene ring substituents is 1. The molecule has 0 saturated carbocycles. The van der Waals surface area contributed by atoms with E-state index >= 15 is 0 Å².